The van der Waals surface area contributed by atoms with Crippen molar-refractivity contribution in [3.63, 3.8) is 0 Å². The molecule has 2 aromatic rings. The number of hydrogen-bond acceptors (Lipinski definition) is 5. The number of alkyl halides is 3. The average Bonchev–Trinajstić information content (AvgIpc) is 2.81. The van der Waals surface area contributed by atoms with Gasteiger partial charge in [0.05, 0.1) is 18.7 Å². The summed E-state index contributed by atoms with van der Waals surface area (Å²) in [6.07, 6.45) is -2.69. The molecule has 0 spiro atoms. The molecule has 0 bridgehead atoms. The third-order valence-corrected chi connectivity index (χ3v) is 5.27. The number of anilines is 1. The van der Waals surface area contributed by atoms with Crippen LogP contribution in [0.5, 0.6) is 0 Å². The lowest BCUT2D eigenvalue weighted by molar-refractivity contribution is -0.159. The largest absolute Gasteiger partial charge is 0.473 e. The van der Waals surface area contributed by atoms with E-state index in [1.807, 2.05) is 4.90 Å². The van der Waals surface area contributed by atoms with Gasteiger partial charge in [-0.05, 0) is 67.7 Å². The fourth-order valence-corrected chi connectivity index (χ4v) is 3.41. The SMILES string of the molecule is O=C(CN1CCC(COCc2ccc(F)cc2)CC1)Nc1cccc(C(F)(F)F)c1.O=C(O)C(=O)O. The van der Waals surface area contributed by atoms with Crippen LogP contribution in [0.15, 0.2) is 48.5 Å². The molecule has 1 saturated heterocycles. The maximum Gasteiger partial charge on any atom is 0.416 e. The lowest BCUT2D eigenvalue weighted by atomic mass is 9.98. The number of ether oxygens (including phenoxy) is 1. The van der Waals surface area contributed by atoms with Gasteiger partial charge in [-0.25, -0.2) is 14.0 Å². The van der Waals surface area contributed by atoms with Crippen molar-refractivity contribution < 1.29 is 46.9 Å². The van der Waals surface area contributed by atoms with Gasteiger partial charge in [-0.3, -0.25) is 9.69 Å². The van der Waals surface area contributed by atoms with Gasteiger partial charge in [-0.2, -0.15) is 13.2 Å². The normalized spacial score (nSPS) is 14.4. The molecule has 8 nitrogen and oxygen atoms in total. The van der Waals surface area contributed by atoms with Gasteiger partial charge >= 0.3 is 18.1 Å². The van der Waals surface area contributed by atoms with Gasteiger partial charge in [0.25, 0.3) is 0 Å². The predicted molar refractivity (Wildman–Crippen MR) is 121 cm³/mol. The lowest BCUT2D eigenvalue weighted by Gasteiger charge is -2.31. The Kier molecular flexibility index (Phi) is 10.8. The van der Waals surface area contributed by atoms with E-state index >= 15 is 0 Å². The fraction of sp³-hybridized carbons (Fsp3) is 0.375. The smallest absolute Gasteiger partial charge is 0.416 e. The summed E-state index contributed by atoms with van der Waals surface area (Å²) in [5, 5.41) is 17.3. The van der Waals surface area contributed by atoms with Crippen LogP contribution >= 0.6 is 0 Å². The zero-order chi connectivity index (χ0) is 26.7. The maximum atomic E-state index is 12.9. The van der Waals surface area contributed by atoms with Crippen molar-refractivity contribution in [2.24, 2.45) is 5.92 Å². The van der Waals surface area contributed by atoms with E-state index in [-0.39, 0.29) is 24.0 Å². The molecule has 0 atom stereocenters. The summed E-state index contributed by atoms with van der Waals surface area (Å²) < 4.78 is 56.9. The highest BCUT2D eigenvalue weighted by atomic mass is 19.4. The number of carbonyl (C=O) groups excluding carboxylic acids is 1. The Balaban J connectivity index is 0.000000678. The molecule has 0 aromatic heterocycles. The molecule has 0 saturated carbocycles. The average molecular weight is 514 g/mol. The third kappa shape index (κ3) is 10.4. The van der Waals surface area contributed by atoms with Crippen LogP contribution in [-0.4, -0.2) is 59.2 Å². The van der Waals surface area contributed by atoms with Crippen LogP contribution in [0.25, 0.3) is 0 Å². The summed E-state index contributed by atoms with van der Waals surface area (Å²) in [4.78, 5) is 32.4. The molecule has 0 radical (unpaired) electrons. The first-order chi connectivity index (χ1) is 16.9. The highest BCUT2D eigenvalue weighted by Crippen LogP contribution is 2.30. The van der Waals surface area contributed by atoms with Crippen molar-refractivity contribution in [3.8, 4) is 0 Å². The second-order valence-electron chi connectivity index (χ2n) is 8.10. The zero-order valence-electron chi connectivity index (χ0n) is 19.1. The minimum Gasteiger partial charge on any atom is -0.473 e. The van der Waals surface area contributed by atoms with E-state index in [1.165, 1.54) is 24.3 Å². The lowest BCUT2D eigenvalue weighted by Crippen LogP contribution is -2.40. The molecule has 1 aliphatic rings. The molecular formula is C24H26F4N2O6. The topological polar surface area (TPSA) is 116 Å². The molecule has 3 rings (SSSR count). The molecule has 0 unspecified atom stereocenters. The molecule has 196 valence electrons. The molecule has 36 heavy (non-hydrogen) atoms. The predicted octanol–water partition coefficient (Wildman–Crippen LogP) is 3.87. The number of amides is 1. The van der Waals surface area contributed by atoms with E-state index in [2.05, 4.69) is 5.32 Å². The molecular weight excluding hydrogens is 488 g/mol. The monoisotopic (exact) mass is 514 g/mol. The van der Waals surface area contributed by atoms with Crippen LogP contribution in [0.2, 0.25) is 0 Å². The van der Waals surface area contributed by atoms with Gasteiger partial charge in [0, 0.05) is 12.3 Å². The molecule has 1 amide bonds. The van der Waals surface area contributed by atoms with E-state index in [0.29, 0.717) is 19.1 Å². The summed E-state index contributed by atoms with van der Waals surface area (Å²) in [5.41, 5.74) is 0.265. The van der Waals surface area contributed by atoms with Crippen LogP contribution in [0.4, 0.5) is 23.2 Å². The molecule has 0 aliphatic carbocycles. The first-order valence-corrected chi connectivity index (χ1v) is 10.9. The number of carboxylic acid groups (broad SMARTS) is 2. The Bertz CT molecular complexity index is 1010. The Morgan fingerprint density at radius 2 is 1.61 bits per heavy atom. The zero-order valence-corrected chi connectivity index (χ0v) is 19.1. The van der Waals surface area contributed by atoms with E-state index < -0.39 is 23.7 Å². The summed E-state index contributed by atoms with van der Waals surface area (Å²) in [6.45, 7) is 2.61. The summed E-state index contributed by atoms with van der Waals surface area (Å²) in [6, 6.07) is 10.8. The van der Waals surface area contributed by atoms with Gasteiger partial charge < -0.3 is 20.3 Å². The van der Waals surface area contributed by atoms with Crippen molar-refractivity contribution in [2.45, 2.75) is 25.6 Å². The van der Waals surface area contributed by atoms with Gasteiger partial charge in [0.1, 0.15) is 5.82 Å². The minimum absolute atomic E-state index is 0.138. The first kappa shape index (κ1) is 28.7. The molecule has 1 heterocycles. The number of likely N-dealkylation sites (tertiary alicyclic amines) is 1. The van der Waals surface area contributed by atoms with Crippen LogP contribution < -0.4 is 5.32 Å². The van der Waals surface area contributed by atoms with Crippen molar-refractivity contribution in [3.05, 3.63) is 65.5 Å². The molecule has 12 heteroatoms. The Hall–Kier alpha value is -3.51. The second-order valence-corrected chi connectivity index (χ2v) is 8.10. The van der Waals surface area contributed by atoms with Crippen LogP contribution in [0, 0.1) is 11.7 Å². The molecule has 3 N–H and O–H groups in total. The minimum atomic E-state index is -4.44. The molecule has 1 fully saturated rings. The van der Waals surface area contributed by atoms with Crippen molar-refractivity contribution in [1.82, 2.24) is 4.90 Å². The Morgan fingerprint density at radius 3 is 2.17 bits per heavy atom. The number of carbonyl (C=O) groups is 3. The molecule has 2 aromatic carbocycles. The molecule has 1 aliphatic heterocycles. The van der Waals surface area contributed by atoms with E-state index in [9.17, 15) is 22.4 Å². The van der Waals surface area contributed by atoms with E-state index in [0.717, 1.165) is 43.6 Å². The van der Waals surface area contributed by atoms with Crippen molar-refractivity contribution in [1.29, 1.82) is 0 Å². The Labute approximate surface area is 204 Å². The highest BCUT2D eigenvalue weighted by molar-refractivity contribution is 6.27. The van der Waals surface area contributed by atoms with E-state index in [1.54, 1.807) is 12.1 Å². The van der Waals surface area contributed by atoms with Gasteiger partial charge in [-0.15, -0.1) is 0 Å². The second kappa shape index (κ2) is 13.5. The first-order valence-electron chi connectivity index (χ1n) is 10.9. The van der Waals surface area contributed by atoms with Crippen LogP contribution in [0.1, 0.15) is 24.0 Å². The van der Waals surface area contributed by atoms with Crippen LogP contribution in [0.3, 0.4) is 0 Å². The van der Waals surface area contributed by atoms with Crippen molar-refractivity contribution >= 4 is 23.5 Å². The van der Waals surface area contributed by atoms with Gasteiger partial charge in [0.2, 0.25) is 5.91 Å². The Morgan fingerprint density at radius 1 is 1.00 bits per heavy atom. The number of aliphatic carboxylic acids is 2. The summed E-state index contributed by atoms with van der Waals surface area (Å²) in [5.74, 6) is -3.87. The van der Waals surface area contributed by atoms with E-state index in [4.69, 9.17) is 24.5 Å². The summed E-state index contributed by atoms with van der Waals surface area (Å²) >= 11 is 0. The van der Waals surface area contributed by atoms with Gasteiger partial charge in [0.15, 0.2) is 0 Å². The number of nitrogens with zero attached hydrogens (tertiary/aromatic N) is 1. The number of carboxylic acids is 2. The fourth-order valence-electron chi connectivity index (χ4n) is 3.41. The summed E-state index contributed by atoms with van der Waals surface area (Å²) in [7, 11) is 0. The standard InChI is InChI=1S/C22H24F4N2O2.C2H2O4/c23-19-6-4-16(5-7-19)14-30-15-17-8-10-28(11-9-17)13-21(29)27-20-3-1-2-18(12-20)22(24,25)26;3-1(4)2(5)6/h1-7,12,17H,8-11,13-15H2,(H,27,29);(H,3,4)(H,5,6). The maximum absolute atomic E-state index is 12.9. The number of nitrogens with one attached hydrogen (secondary N) is 1. The quantitative estimate of drug-likeness (QED) is 0.380. The van der Waals surface area contributed by atoms with Crippen LogP contribution in [-0.2, 0) is 31.9 Å². The van der Waals surface area contributed by atoms with Crippen molar-refractivity contribution in [2.75, 3.05) is 31.6 Å². The number of hydrogen-bond donors (Lipinski definition) is 3. The number of rotatable bonds is 7. The third-order valence-electron chi connectivity index (χ3n) is 5.27. The number of benzene rings is 2. The number of piperidine rings is 1. The van der Waals surface area contributed by atoms with Gasteiger partial charge in [-0.1, -0.05) is 18.2 Å². The highest BCUT2D eigenvalue weighted by Gasteiger charge is 2.30. The number of halogens is 4.